The Kier molecular flexibility index (Phi) is 8.91. The molecule has 3 heterocycles. The lowest BCUT2D eigenvalue weighted by atomic mass is 9.94. The fourth-order valence-electron chi connectivity index (χ4n) is 5.37. The first-order valence-electron chi connectivity index (χ1n) is 14.7. The number of hydrogen-bond donors (Lipinski definition) is 1. The number of ketones is 1. The highest BCUT2D eigenvalue weighted by molar-refractivity contribution is 8.00. The molecule has 2 aliphatic heterocycles. The normalized spacial score (nSPS) is 18.8. The molecule has 6 rings (SSSR count). The van der Waals surface area contributed by atoms with Crippen molar-refractivity contribution in [3.63, 3.8) is 0 Å². The predicted octanol–water partition coefficient (Wildman–Crippen LogP) is 7.34. The summed E-state index contributed by atoms with van der Waals surface area (Å²) in [5, 5.41) is 20.3. The van der Waals surface area contributed by atoms with Crippen LogP contribution >= 0.6 is 23.1 Å². The summed E-state index contributed by atoms with van der Waals surface area (Å²) in [6.07, 6.45) is 1.54. The van der Waals surface area contributed by atoms with Gasteiger partial charge in [-0.1, -0.05) is 67.3 Å². The van der Waals surface area contributed by atoms with Gasteiger partial charge in [-0.2, -0.15) is 0 Å². The molecule has 0 aliphatic carbocycles. The van der Waals surface area contributed by atoms with Crippen LogP contribution in [0.25, 0.3) is 5.76 Å². The molecule has 4 aromatic rings. The number of rotatable bonds is 10. The number of benzene rings is 3. The second-order valence-electron chi connectivity index (χ2n) is 11.5. The van der Waals surface area contributed by atoms with Crippen molar-refractivity contribution in [2.75, 3.05) is 11.5 Å². The summed E-state index contributed by atoms with van der Waals surface area (Å²) in [5.41, 5.74) is 2.37. The highest BCUT2D eigenvalue weighted by Crippen LogP contribution is 2.45. The fraction of sp³-hybridized carbons (Fsp3) is 0.294. The van der Waals surface area contributed by atoms with Crippen LogP contribution in [0.2, 0.25) is 0 Å². The first-order valence-corrected chi connectivity index (χ1v) is 16.5. The van der Waals surface area contributed by atoms with E-state index in [4.69, 9.17) is 9.47 Å². The van der Waals surface area contributed by atoms with E-state index in [-0.39, 0.29) is 28.4 Å². The second kappa shape index (κ2) is 13.0. The molecule has 0 unspecified atom stereocenters. The molecule has 0 spiro atoms. The third-order valence-corrected chi connectivity index (χ3v) is 9.77. The van der Waals surface area contributed by atoms with Gasteiger partial charge in [0.25, 0.3) is 5.78 Å². The van der Waals surface area contributed by atoms with Gasteiger partial charge in [0.05, 0.1) is 18.2 Å². The summed E-state index contributed by atoms with van der Waals surface area (Å²) >= 11 is 2.41. The molecule has 8 nitrogen and oxygen atoms in total. The summed E-state index contributed by atoms with van der Waals surface area (Å²) in [6.45, 7) is 6.70. The molecule has 1 fully saturated rings. The van der Waals surface area contributed by atoms with E-state index in [0.29, 0.717) is 51.5 Å². The maximum absolute atomic E-state index is 14.2. The van der Waals surface area contributed by atoms with Crippen LogP contribution in [0.15, 0.2) is 76.6 Å². The van der Waals surface area contributed by atoms with E-state index in [9.17, 15) is 19.1 Å². The number of aliphatic hydroxyl groups excluding tert-OH is 1. The van der Waals surface area contributed by atoms with Gasteiger partial charge in [-0.05, 0) is 72.4 Å². The van der Waals surface area contributed by atoms with E-state index in [1.54, 1.807) is 54.6 Å². The Balaban J connectivity index is 1.38. The number of anilines is 1. The van der Waals surface area contributed by atoms with Crippen molar-refractivity contribution in [3.8, 4) is 11.5 Å². The Morgan fingerprint density at radius 1 is 1.13 bits per heavy atom. The number of carbonyl (C=O) groups is 2. The number of nitrogens with zero attached hydrogens (tertiary/aromatic N) is 3. The molecule has 11 heteroatoms. The lowest BCUT2D eigenvalue weighted by Crippen LogP contribution is -2.29. The quantitative estimate of drug-likeness (QED) is 0.0629. The summed E-state index contributed by atoms with van der Waals surface area (Å²) in [6, 6.07) is 17.9. The van der Waals surface area contributed by atoms with Crippen LogP contribution in [0.5, 0.6) is 11.5 Å². The van der Waals surface area contributed by atoms with Gasteiger partial charge in [0.15, 0.2) is 4.34 Å². The molecule has 1 saturated heterocycles. The smallest absolute Gasteiger partial charge is 0.301 e. The SMILES string of the molecule is CC(C)CCOc1cccc([C@H]2/C(=C(\O)c3ccc4c(c3)C[C@@H](C)O4)C(=O)C(=O)N2c2nnc(SCc3ccccc3F)s2)c1. The minimum Gasteiger partial charge on any atom is -0.507 e. The Morgan fingerprint density at radius 3 is 2.76 bits per heavy atom. The Morgan fingerprint density at radius 2 is 1.96 bits per heavy atom. The highest BCUT2D eigenvalue weighted by Gasteiger charge is 2.48. The number of fused-ring (bicyclic) bond motifs is 1. The van der Waals surface area contributed by atoms with Crippen molar-refractivity contribution in [2.45, 2.75) is 55.9 Å². The van der Waals surface area contributed by atoms with E-state index < -0.39 is 17.7 Å². The number of aliphatic hydroxyl groups is 1. The third-order valence-electron chi connectivity index (χ3n) is 7.66. The molecular weight excluding hydrogens is 614 g/mol. The van der Waals surface area contributed by atoms with Gasteiger partial charge >= 0.3 is 5.91 Å². The average molecular weight is 646 g/mol. The average Bonchev–Trinajstić information content (AvgIpc) is 3.71. The molecule has 232 valence electrons. The van der Waals surface area contributed by atoms with Crippen LogP contribution in [0, 0.1) is 11.7 Å². The van der Waals surface area contributed by atoms with Crippen molar-refractivity contribution in [3.05, 3.63) is 100 Å². The summed E-state index contributed by atoms with van der Waals surface area (Å²) in [7, 11) is 0. The number of hydrogen-bond acceptors (Lipinski definition) is 9. The number of Topliss-reactive ketones (excluding diaryl/α,β-unsaturated/α-hetero) is 1. The predicted molar refractivity (Wildman–Crippen MR) is 172 cm³/mol. The molecule has 3 aromatic carbocycles. The van der Waals surface area contributed by atoms with Gasteiger partial charge in [-0.25, -0.2) is 4.39 Å². The third kappa shape index (κ3) is 6.46. The van der Waals surface area contributed by atoms with E-state index in [0.717, 1.165) is 29.1 Å². The Labute approximate surface area is 268 Å². The lowest BCUT2D eigenvalue weighted by molar-refractivity contribution is -0.132. The number of thioether (sulfide) groups is 1. The van der Waals surface area contributed by atoms with Crippen LogP contribution in [0.1, 0.15) is 55.5 Å². The number of ether oxygens (including phenoxy) is 2. The van der Waals surface area contributed by atoms with Crippen LogP contribution in [0.3, 0.4) is 0 Å². The van der Waals surface area contributed by atoms with E-state index in [1.165, 1.54) is 22.7 Å². The molecular formula is C34H32FN3O5S2. The number of carbonyl (C=O) groups excluding carboxylic acids is 2. The Hall–Kier alpha value is -4.22. The zero-order chi connectivity index (χ0) is 31.7. The van der Waals surface area contributed by atoms with Crippen LogP contribution in [-0.2, 0) is 21.8 Å². The van der Waals surface area contributed by atoms with Gasteiger partial charge in [0.1, 0.15) is 29.2 Å². The fourth-order valence-corrected chi connectivity index (χ4v) is 7.22. The first-order chi connectivity index (χ1) is 21.7. The standard InChI is InChI=1S/C34H32FN3O5S2/c1-19(2)13-14-42-25-9-6-8-21(17-25)29-28(30(39)22-11-12-27-24(16-22)15-20(3)43-27)31(40)32(41)38(29)33-36-37-34(45-33)44-18-23-7-4-5-10-26(23)35/h4-12,16-17,19-20,29,39H,13-15,18H2,1-3H3/b30-28+/t20-,29+/m1/s1. The minimum absolute atomic E-state index is 0.00395. The van der Waals surface area contributed by atoms with Gasteiger partial charge in [0.2, 0.25) is 5.13 Å². The molecule has 1 N–H and O–H groups in total. The molecule has 1 amide bonds. The molecule has 0 radical (unpaired) electrons. The van der Waals surface area contributed by atoms with Gasteiger partial charge in [-0.15, -0.1) is 10.2 Å². The number of aromatic nitrogens is 2. The maximum atomic E-state index is 14.2. The van der Waals surface area contributed by atoms with E-state index in [2.05, 4.69) is 24.0 Å². The Bertz CT molecular complexity index is 1790. The summed E-state index contributed by atoms with van der Waals surface area (Å²) in [5.74, 6) is -0.158. The number of halogens is 1. The van der Waals surface area contributed by atoms with Gasteiger partial charge < -0.3 is 14.6 Å². The molecule has 2 aliphatic rings. The minimum atomic E-state index is -0.987. The zero-order valence-electron chi connectivity index (χ0n) is 25.0. The monoisotopic (exact) mass is 645 g/mol. The summed E-state index contributed by atoms with van der Waals surface area (Å²) < 4.78 is 26.5. The van der Waals surface area contributed by atoms with Crippen molar-refractivity contribution < 1.29 is 28.6 Å². The zero-order valence-corrected chi connectivity index (χ0v) is 26.7. The summed E-state index contributed by atoms with van der Waals surface area (Å²) in [4.78, 5) is 28.7. The highest BCUT2D eigenvalue weighted by atomic mass is 32.2. The molecule has 0 bridgehead atoms. The number of amides is 1. The maximum Gasteiger partial charge on any atom is 0.301 e. The van der Waals surface area contributed by atoms with Crippen LogP contribution < -0.4 is 14.4 Å². The van der Waals surface area contributed by atoms with Crippen LogP contribution in [0.4, 0.5) is 9.52 Å². The molecule has 45 heavy (non-hydrogen) atoms. The van der Waals surface area contributed by atoms with E-state index >= 15 is 0 Å². The van der Waals surface area contributed by atoms with Crippen molar-refractivity contribution in [1.82, 2.24) is 10.2 Å². The second-order valence-corrected chi connectivity index (χ2v) is 13.6. The molecule has 1 aromatic heterocycles. The van der Waals surface area contributed by atoms with Crippen molar-refractivity contribution >= 4 is 45.7 Å². The topological polar surface area (TPSA) is 102 Å². The first kappa shape index (κ1) is 30.8. The molecule has 2 atom stereocenters. The van der Waals surface area contributed by atoms with Crippen molar-refractivity contribution in [2.24, 2.45) is 5.92 Å². The van der Waals surface area contributed by atoms with Crippen molar-refractivity contribution in [1.29, 1.82) is 0 Å². The largest absolute Gasteiger partial charge is 0.507 e. The van der Waals surface area contributed by atoms with Gasteiger partial charge in [-0.3, -0.25) is 14.5 Å². The lowest BCUT2D eigenvalue weighted by Gasteiger charge is -2.23. The van der Waals surface area contributed by atoms with Crippen LogP contribution in [-0.4, -0.2) is 39.7 Å². The van der Waals surface area contributed by atoms with E-state index in [1.807, 2.05) is 13.0 Å². The van der Waals surface area contributed by atoms with Gasteiger partial charge in [0, 0.05) is 17.7 Å². The molecule has 0 saturated carbocycles.